The van der Waals surface area contributed by atoms with Gasteiger partial charge in [-0.3, -0.25) is 0 Å². The van der Waals surface area contributed by atoms with Gasteiger partial charge in [0.15, 0.2) is 0 Å². The van der Waals surface area contributed by atoms with Gasteiger partial charge in [0, 0.05) is 24.6 Å². The molecule has 0 saturated heterocycles. The van der Waals surface area contributed by atoms with Crippen LogP contribution < -0.4 is 10.6 Å². The minimum Gasteiger partial charge on any atom is -0.373 e. The summed E-state index contributed by atoms with van der Waals surface area (Å²) in [4.78, 5) is 9.37. The molecule has 1 fully saturated rings. The van der Waals surface area contributed by atoms with Gasteiger partial charge in [-0.05, 0) is 24.7 Å². The van der Waals surface area contributed by atoms with E-state index in [1.54, 1.807) is 0 Å². The molecule has 0 radical (unpaired) electrons. The van der Waals surface area contributed by atoms with Gasteiger partial charge in [-0.2, -0.15) is 0 Å². The SMILES string of the molecule is CNc1nc(C(C)(C)C)nc(NCC2CC2(C)C)c1C. The molecule has 112 valence electrons. The fraction of sp³-hybridized carbons (Fsp3) is 0.750. The monoisotopic (exact) mass is 276 g/mol. The van der Waals surface area contributed by atoms with Gasteiger partial charge in [-0.1, -0.05) is 34.6 Å². The van der Waals surface area contributed by atoms with Crippen LogP contribution in [-0.2, 0) is 5.41 Å². The fourth-order valence-electron chi connectivity index (χ4n) is 2.41. The second kappa shape index (κ2) is 4.90. The van der Waals surface area contributed by atoms with Gasteiger partial charge in [-0.25, -0.2) is 9.97 Å². The van der Waals surface area contributed by atoms with Crippen LogP contribution in [0.3, 0.4) is 0 Å². The molecule has 1 saturated carbocycles. The first-order chi connectivity index (χ1) is 9.15. The van der Waals surface area contributed by atoms with Gasteiger partial charge < -0.3 is 10.6 Å². The van der Waals surface area contributed by atoms with Crippen LogP contribution in [-0.4, -0.2) is 23.6 Å². The molecule has 4 heteroatoms. The van der Waals surface area contributed by atoms with Crippen LogP contribution in [0.15, 0.2) is 0 Å². The molecule has 2 rings (SSSR count). The number of rotatable bonds is 4. The summed E-state index contributed by atoms with van der Waals surface area (Å²) >= 11 is 0. The lowest BCUT2D eigenvalue weighted by Crippen LogP contribution is -2.20. The van der Waals surface area contributed by atoms with E-state index in [4.69, 9.17) is 4.98 Å². The van der Waals surface area contributed by atoms with Crippen LogP contribution in [0.5, 0.6) is 0 Å². The van der Waals surface area contributed by atoms with Crippen molar-refractivity contribution < 1.29 is 0 Å². The number of nitrogens with one attached hydrogen (secondary N) is 2. The van der Waals surface area contributed by atoms with Crippen molar-refractivity contribution in [2.45, 2.75) is 53.4 Å². The van der Waals surface area contributed by atoms with Crippen molar-refractivity contribution in [3.63, 3.8) is 0 Å². The quantitative estimate of drug-likeness (QED) is 0.882. The lowest BCUT2D eigenvalue weighted by molar-refractivity contribution is 0.544. The van der Waals surface area contributed by atoms with Crippen LogP contribution >= 0.6 is 0 Å². The highest BCUT2D eigenvalue weighted by atomic mass is 15.1. The Morgan fingerprint density at radius 1 is 1.20 bits per heavy atom. The lowest BCUT2D eigenvalue weighted by atomic mass is 9.95. The zero-order valence-corrected chi connectivity index (χ0v) is 13.9. The average molecular weight is 276 g/mol. The first-order valence-electron chi connectivity index (χ1n) is 7.46. The van der Waals surface area contributed by atoms with Crippen LogP contribution in [0.25, 0.3) is 0 Å². The summed E-state index contributed by atoms with van der Waals surface area (Å²) in [7, 11) is 1.91. The molecule has 1 atom stereocenters. The van der Waals surface area contributed by atoms with Crippen molar-refractivity contribution in [3.05, 3.63) is 11.4 Å². The molecular weight excluding hydrogens is 248 g/mol. The number of hydrogen-bond donors (Lipinski definition) is 2. The maximum absolute atomic E-state index is 4.74. The van der Waals surface area contributed by atoms with E-state index >= 15 is 0 Å². The third kappa shape index (κ3) is 3.05. The summed E-state index contributed by atoms with van der Waals surface area (Å²) in [6.45, 7) is 14.1. The average Bonchev–Trinajstić information content (AvgIpc) is 2.94. The number of anilines is 2. The molecule has 1 aromatic heterocycles. The first-order valence-corrected chi connectivity index (χ1v) is 7.46. The van der Waals surface area contributed by atoms with E-state index in [1.165, 1.54) is 6.42 Å². The Morgan fingerprint density at radius 3 is 2.20 bits per heavy atom. The Morgan fingerprint density at radius 2 is 1.75 bits per heavy atom. The Hall–Kier alpha value is -1.32. The molecular formula is C16H28N4. The van der Waals surface area contributed by atoms with E-state index in [2.05, 4.69) is 57.2 Å². The number of hydrogen-bond acceptors (Lipinski definition) is 4. The number of nitrogens with zero attached hydrogens (tertiary/aromatic N) is 2. The highest BCUT2D eigenvalue weighted by Crippen LogP contribution is 2.51. The van der Waals surface area contributed by atoms with Crippen molar-refractivity contribution in [1.82, 2.24) is 9.97 Å². The zero-order valence-electron chi connectivity index (χ0n) is 13.9. The molecule has 2 N–H and O–H groups in total. The van der Waals surface area contributed by atoms with Crippen LogP contribution in [0, 0.1) is 18.3 Å². The highest BCUT2D eigenvalue weighted by molar-refractivity contribution is 5.57. The minimum atomic E-state index is -0.0470. The molecule has 0 amide bonds. The molecule has 0 aromatic carbocycles. The van der Waals surface area contributed by atoms with Crippen LogP contribution in [0.2, 0.25) is 0 Å². The smallest absolute Gasteiger partial charge is 0.138 e. The molecule has 0 aliphatic heterocycles. The molecule has 1 aliphatic carbocycles. The summed E-state index contributed by atoms with van der Waals surface area (Å²) in [5, 5.41) is 6.70. The van der Waals surface area contributed by atoms with Gasteiger partial charge in [0.05, 0.1) is 0 Å². The predicted molar refractivity (Wildman–Crippen MR) is 85.4 cm³/mol. The van der Waals surface area contributed by atoms with Crippen molar-refractivity contribution in [2.75, 3.05) is 24.2 Å². The Balaban J connectivity index is 2.22. The fourth-order valence-corrected chi connectivity index (χ4v) is 2.41. The molecule has 1 aliphatic rings. The van der Waals surface area contributed by atoms with Crippen molar-refractivity contribution in [2.24, 2.45) is 11.3 Å². The Labute approximate surface area is 122 Å². The molecule has 1 heterocycles. The van der Waals surface area contributed by atoms with Crippen LogP contribution in [0.4, 0.5) is 11.6 Å². The largest absolute Gasteiger partial charge is 0.373 e. The molecule has 4 nitrogen and oxygen atoms in total. The molecule has 1 aromatic rings. The standard InChI is InChI=1S/C16H28N4/c1-10-12(17-7)19-14(15(2,3)4)20-13(10)18-9-11-8-16(11,5)6/h11H,8-9H2,1-7H3,(H2,17,18,19,20). The second-order valence-electron chi connectivity index (χ2n) is 7.64. The normalized spacial score (nSPS) is 20.6. The van der Waals surface area contributed by atoms with Crippen molar-refractivity contribution in [1.29, 1.82) is 0 Å². The lowest BCUT2D eigenvalue weighted by Gasteiger charge is -2.21. The third-order valence-corrected chi connectivity index (χ3v) is 4.29. The molecule has 1 unspecified atom stereocenters. The summed E-state index contributed by atoms with van der Waals surface area (Å²) in [6.07, 6.45) is 1.30. The van der Waals surface area contributed by atoms with E-state index in [1.807, 2.05) is 7.05 Å². The predicted octanol–water partition coefficient (Wildman–Crippen LogP) is 3.58. The van der Waals surface area contributed by atoms with E-state index < -0.39 is 0 Å². The summed E-state index contributed by atoms with van der Waals surface area (Å²) in [5.41, 5.74) is 1.54. The van der Waals surface area contributed by atoms with Gasteiger partial charge in [0.25, 0.3) is 0 Å². The minimum absolute atomic E-state index is 0.0470. The van der Waals surface area contributed by atoms with Gasteiger partial charge in [0.2, 0.25) is 0 Å². The summed E-state index contributed by atoms with van der Waals surface area (Å²) in [6, 6.07) is 0. The highest BCUT2D eigenvalue weighted by Gasteiger charge is 2.45. The van der Waals surface area contributed by atoms with Crippen molar-refractivity contribution in [3.8, 4) is 0 Å². The Kier molecular flexibility index (Phi) is 3.69. The van der Waals surface area contributed by atoms with E-state index in [-0.39, 0.29) is 5.41 Å². The van der Waals surface area contributed by atoms with Gasteiger partial charge in [0.1, 0.15) is 17.5 Å². The third-order valence-electron chi connectivity index (χ3n) is 4.29. The van der Waals surface area contributed by atoms with E-state index in [0.717, 1.165) is 35.5 Å². The van der Waals surface area contributed by atoms with E-state index in [9.17, 15) is 0 Å². The van der Waals surface area contributed by atoms with Crippen molar-refractivity contribution >= 4 is 11.6 Å². The topological polar surface area (TPSA) is 49.8 Å². The Bertz CT molecular complexity index is 500. The zero-order chi connectivity index (χ0) is 15.1. The summed E-state index contributed by atoms with van der Waals surface area (Å²) in [5.74, 6) is 3.53. The van der Waals surface area contributed by atoms with Gasteiger partial charge >= 0.3 is 0 Å². The van der Waals surface area contributed by atoms with Gasteiger partial charge in [-0.15, -0.1) is 0 Å². The van der Waals surface area contributed by atoms with Crippen LogP contribution in [0.1, 0.15) is 52.4 Å². The molecule has 20 heavy (non-hydrogen) atoms. The molecule has 0 bridgehead atoms. The second-order valence-corrected chi connectivity index (χ2v) is 7.64. The van der Waals surface area contributed by atoms with E-state index in [0.29, 0.717) is 5.41 Å². The summed E-state index contributed by atoms with van der Waals surface area (Å²) < 4.78 is 0. The first kappa shape index (κ1) is 15.1. The molecule has 0 spiro atoms. The maximum atomic E-state index is 4.74. The maximum Gasteiger partial charge on any atom is 0.138 e. The number of aromatic nitrogens is 2.